The lowest BCUT2D eigenvalue weighted by Crippen LogP contribution is -2.30. The Labute approximate surface area is 274 Å². The maximum atomic E-state index is 9.70. The van der Waals surface area contributed by atoms with Crippen molar-refractivity contribution < 1.29 is 0 Å². The van der Waals surface area contributed by atoms with E-state index in [9.17, 15) is 5.26 Å². The van der Waals surface area contributed by atoms with E-state index in [-0.39, 0.29) is 0 Å². The van der Waals surface area contributed by atoms with Crippen LogP contribution in [0.3, 0.4) is 0 Å². The van der Waals surface area contributed by atoms with Crippen molar-refractivity contribution in [1.82, 2.24) is 0 Å². The van der Waals surface area contributed by atoms with Crippen LogP contribution in [0, 0.1) is 17.9 Å². The highest BCUT2D eigenvalue weighted by Crippen LogP contribution is 2.60. The molecule has 0 saturated heterocycles. The summed E-state index contributed by atoms with van der Waals surface area (Å²) >= 11 is 0. The third kappa shape index (κ3) is 3.89. The first-order chi connectivity index (χ1) is 23.2. The van der Waals surface area contributed by atoms with Gasteiger partial charge in [-0.2, -0.15) is 5.26 Å². The van der Waals surface area contributed by atoms with Crippen molar-refractivity contribution in [1.29, 1.82) is 5.26 Å². The number of nitriles is 1. The van der Waals surface area contributed by atoms with E-state index in [1.54, 1.807) is 0 Å². The number of nitrogens with zero attached hydrogens (tertiary/aromatic N) is 2. The minimum Gasteiger partial charge on any atom is -0.238 e. The molecule has 1 unspecified atom stereocenters. The minimum absolute atomic E-state index is 0.625. The van der Waals surface area contributed by atoms with Crippen molar-refractivity contribution >= 4 is 28.6 Å². The molecule has 0 heterocycles. The molecule has 1 atom stereocenters. The molecule has 0 aromatic heterocycles. The zero-order valence-electron chi connectivity index (χ0n) is 25.4. The van der Waals surface area contributed by atoms with Crippen LogP contribution < -0.4 is 0 Å². The molecule has 7 aromatic rings. The fourth-order valence-corrected chi connectivity index (χ4v) is 7.89. The van der Waals surface area contributed by atoms with Crippen molar-refractivity contribution in [3.8, 4) is 39.4 Å². The summed E-state index contributed by atoms with van der Waals surface area (Å²) in [5.41, 5.74) is 14.6. The van der Waals surface area contributed by atoms with Crippen molar-refractivity contribution in [2.24, 2.45) is 0 Å². The van der Waals surface area contributed by atoms with Gasteiger partial charge in [0, 0.05) is 0 Å². The molecule has 0 amide bonds. The Morgan fingerprint density at radius 2 is 1.19 bits per heavy atom. The standard InChI is InChI=1S/C45H26N2/c1-47-37-12-7-11-34(25-37)36-21-19-32-17-16-31-18-20-35(33-10-6-8-29(24-33)28-46)26-42(31)45(43(32)27-36)40-15-5-4-14-39(40)44-38-13-3-2-9-30(38)22-23-41(44)45/h2-27H. The van der Waals surface area contributed by atoms with Crippen LogP contribution in [0.1, 0.15) is 38.9 Å². The predicted octanol–water partition coefficient (Wildman–Crippen LogP) is 11.4. The molecule has 0 radical (unpaired) electrons. The number of benzene rings is 7. The van der Waals surface area contributed by atoms with E-state index in [1.165, 1.54) is 44.2 Å². The van der Waals surface area contributed by atoms with Crippen LogP contribution in [0.25, 0.3) is 61.2 Å². The van der Waals surface area contributed by atoms with Gasteiger partial charge in [-0.15, -0.1) is 0 Å². The van der Waals surface area contributed by atoms with E-state index in [0.29, 0.717) is 11.3 Å². The van der Waals surface area contributed by atoms with Gasteiger partial charge in [-0.05, 0) is 108 Å². The van der Waals surface area contributed by atoms with Crippen molar-refractivity contribution in [3.05, 3.63) is 196 Å². The summed E-state index contributed by atoms with van der Waals surface area (Å²) in [6, 6.07) is 53.8. The van der Waals surface area contributed by atoms with Gasteiger partial charge >= 0.3 is 0 Å². The Morgan fingerprint density at radius 3 is 1.94 bits per heavy atom. The SMILES string of the molecule is [C-]#[N+]c1cccc(-c2ccc3c(c2)C2(c4cc(-c5cccc(C#N)c5)ccc4C=C3)c3ccccc3-c3c2ccc2ccccc32)c1. The molecule has 0 fully saturated rings. The number of fused-ring (bicyclic) bond motifs is 11. The second-order valence-electron chi connectivity index (χ2n) is 12.3. The van der Waals surface area contributed by atoms with Crippen LogP contribution in [0.4, 0.5) is 5.69 Å². The lowest BCUT2D eigenvalue weighted by molar-refractivity contribution is 0.767. The van der Waals surface area contributed by atoms with E-state index in [4.69, 9.17) is 6.57 Å². The molecule has 2 aliphatic carbocycles. The molecule has 2 nitrogen and oxygen atoms in total. The first-order valence-corrected chi connectivity index (χ1v) is 15.8. The first kappa shape index (κ1) is 26.9. The average molecular weight is 595 g/mol. The monoisotopic (exact) mass is 594 g/mol. The summed E-state index contributed by atoms with van der Waals surface area (Å²) in [5.74, 6) is 0. The molecular weight excluding hydrogens is 569 g/mol. The molecule has 7 aromatic carbocycles. The molecule has 9 rings (SSSR count). The van der Waals surface area contributed by atoms with E-state index in [2.05, 4.69) is 132 Å². The van der Waals surface area contributed by atoms with Gasteiger partial charge in [0.05, 0.1) is 23.6 Å². The zero-order valence-corrected chi connectivity index (χ0v) is 25.4. The Hall–Kier alpha value is -6.48. The van der Waals surface area contributed by atoms with Gasteiger partial charge in [-0.25, -0.2) is 4.85 Å². The lowest BCUT2D eigenvalue weighted by Gasteiger charge is -2.36. The second kappa shape index (κ2) is 10.3. The fourth-order valence-electron chi connectivity index (χ4n) is 7.89. The average Bonchev–Trinajstić information content (AvgIpc) is 3.36. The van der Waals surface area contributed by atoms with Crippen LogP contribution in [-0.4, -0.2) is 0 Å². The predicted molar refractivity (Wildman–Crippen MR) is 192 cm³/mol. The summed E-state index contributed by atoms with van der Waals surface area (Å²) in [4.78, 5) is 3.72. The highest BCUT2D eigenvalue weighted by Gasteiger charge is 2.49. The number of hydrogen-bond donors (Lipinski definition) is 0. The Bertz CT molecular complexity index is 2440. The smallest absolute Gasteiger partial charge is 0.187 e. The normalized spacial score (nSPS) is 15.2. The number of rotatable bonds is 2. The Balaban J connectivity index is 1.43. The third-order valence-electron chi connectivity index (χ3n) is 9.92. The molecule has 47 heavy (non-hydrogen) atoms. The van der Waals surface area contributed by atoms with Gasteiger partial charge in [0.1, 0.15) is 0 Å². The number of hydrogen-bond acceptors (Lipinski definition) is 1. The molecule has 0 saturated carbocycles. The summed E-state index contributed by atoms with van der Waals surface area (Å²) < 4.78 is 0. The summed E-state index contributed by atoms with van der Waals surface area (Å²) in [6.45, 7) is 7.64. The third-order valence-corrected chi connectivity index (χ3v) is 9.92. The molecule has 0 N–H and O–H groups in total. The second-order valence-corrected chi connectivity index (χ2v) is 12.3. The minimum atomic E-state index is -0.625. The van der Waals surface area contributed by atoms with Crippen molar-refractivity contribution in [2.75, 3.05) is 0 Å². The molecule has 2 heteroatoms. The highest BCUT2D eigenvalue weighted by atomic mass is 14.6. The maximum absolute atomic E-state index is 9.70. The largest absolute Gasteiger partial charge is 0.238 e. The van der Waals surface area contributed by atoms with Gasteiger partial charge in [0.15, 0.2) is 5.69 Å². The summed E-state index contributed by atoms with van der Waals surface area (Å²) in [7, 11) is 0. The molecule has 216 valence electrons. The highest BCUT2D eigenvalue weighted by molar-refractivity contribution is 6.05. The zero-order chi connectivity index (χ0) is 31.5. The molecule has 2 aliphatic rings. The van der Waals surface area contributed by atoms with Crippen LogP contribution in [0.5, 0.6) is 0 Å². The van der Waals surface area contributed by atoms with E-state index >= 15 is 0 Å². The van der Waals surface area contributed by atoms with E-state index in [1.807, 2.05) is 36.4 Å². The molecule has 0 bridgehead atoms. The van der Waals surface area contributed by atoms with E-state index in [0.717, 1.165) is 33.4 Å². The van der Waals surface area contributed by atoms with E-state index < -0.39 is 5.41 Å². The Morgan fingerprint density at radius 1 is 0.532 bits per heavy atom. The van der Waals surface area contributed by atoms with Crippen molar-refractivity contribution in [2.45, 2.75) is 5.41 Å². The van der Waals surface area contributed by atoms with Gasteiger partial charge in [0.25, 0.3) is 0 Å². The topological polar surface area (TPSA) is 28.1 Å². The molecule has 0 aliphatic heterocycles. The quantitative estimate of drug-likeness (QED) is 0.183. The van der Waals surface area contributed by atoms with Gasteiger partial charge in [0.2, 0.25) is 0 Å². The lowest BCUT2D eigenvalue weighted by atomic mass is 9.65. The molecular formula is C45H26N2. The summed E-state index contributed by atoms with van der Waals surface area (Å²) in [6.07, 6.45) is 4.50. The van der Waals surface area contributed by atoms with Gasteiger partial charge in [-0.3, -0.25) is 0 Å². The van der Waals surface area contributed by atoms with Gasteiger partial charge < -0.3 is 0 Å². The Kier molecular flexibility index (Phi) is 5.88. The maximum Gasteiger partial charge on any atom is 0.187 e. The van der Waals surface area contributed by atoms with Crippen LogP contribution in [0.15, 0.2) is 146 Å². The summed E-state index contributed by atoms with van der Waals surface area (Å²) in [5, 5.41) is 12.2. The van der Waals surface area contributed by atoms with Crippen LogP contribution in [0.2, 0.25) is 0 Å². The van der Waals surface area contributed by atoms with Gasteiger partial charge in [-0.1, -0.05) is 127 Å². The van der Waals surface area contributed by atoms with Crippen molar-refractivity contribution in [3.63, 3.8) is 0 Å². The van der Waals surface area contributed by atoms with Crippen LogP contribution >= 0.6 is 0 Å². The van der Waals surface area contributed by atoms with Crippen LogP contribution in [-0.2, 0) is 5.41 Å². The fraction of sp³-hybridized carbons (Fsp3) is 0.0222. The first-order valence-electron chi connectivity index (χ1n) is 15.8. The molecule has 1 spiro atoms.